The summed E-state index contributed by atoms with van der Waals surface area (Å²) < 4.78 is 15.6. The fourth-order valence-electron chi connectivity index (χ4n) is 2.52. The monoisotopic (exact) mass is 368 g/mol. The lowest BCUT2D eigenvalue weighted by molar-refractivity contribution is 0.186. The molecule has 5 heteroatoms. The zero-order valence-corrected chi connectivity index (χ0v) is 16.9. The van der Waals surface area contributed by atoms with E-state index in [-0.39, 0.29) is 0 Å². The summed E-state index contributed by atoms with van der Waals surface area (Å²) in [6.07, 6.45) is 7.09. The Morgan fingerprint density at radius 3 is 1.61 bits per heavy atom. The molecule has 2 rings (SSSR count). The molecule has 0 amide bonds. The zero-order valence-electron chi connectivity index (χ0n) is 14.3. The molecule has 0 aromatic carbocycles. The molecule has 0 radical (unpaired) electrons. The molecule has 0 fully saturated rings. The maximum absolute atomic E-state index is 6.54. The van der Waals surface area contributed by atoms with Crippen LogP contribution >= 0.6 is 22.7 Å². The van der Waals surface area contributed by atoms with E-state index in [1.54, 1.807) is 22.7 Å². The van der Waals surface area contributed by atoms with Crippen molar-refractivity contribution in [2.24, 2.45) is 0 Å². The molecule has 128 valence electrons. The Morgan fingerprint density at radius 2 is 1.26 bits per heavy atom. The average molecular weight is 369 g/mol. The van der Waals surface area contributed by atoms with Crippen LogP contribution in [0.1, 0.15) is 52.4 Å². The third kappa shape index (κ3) is 5.26. The Kier molecular flexibility index (Phi) is 8.54. The molecule has 0 aliphatic heterocycles. The molecular formula is C18H28O2S2Si. The molecule has 0 saturated carbocycles. The van der Waals surface area contributed by atoms with Crippen LogP contribution in [0.3, 0.4) is 0 Å². The summed E-state index contributed by atoms with van der Waals surface area (Å²) in [7, 11) is -2.51. The van der Waals surface area contributed by atoms with Crippen LogP contribution in [0.25, 0.3) is 0 Å². The Balaban J connectivity index is 2.18. The summed E-state index contributed by atoms with van der Waals surface area (Å²) in [6.45, 7) is 6.04. The molecule has 0 aliphatic rings. The molecular weight excluding hydrogens is 340 g/mol. The predicted molar refractivity (Wildman–Crippen MR) is 105 cm³/mol. The van der Waals surface area contributed by atoms with Crippen LogP contribution in [0.2, 0.25) is 0 Å². The van der Waals surface area contributed by atoms with Crippen molar-refractivity contribution < 1.29 is 8.85 Å². The second-order valence-corrected chi connectivity index (χ2v) is 11.2. The Hall–Kier alpha value is -0.463. The van der Waals surface area contributed by atoms with Gasteiger partial charge in [0, 0.05) is 13.2 Å². The minimum absolute atomic E-state index is 0.795. The first kappa shape index (κ1) is 18.9. The van der Waals surface area contributed by atoms with Crippen LogP contribution in [0.5, 0.6) is 0 Å². The Morgan fingerprint density at radius 1 is 0.783 bits per heavy atom. The van der Waals surface area contributed by atoms with Crippen LogP contribution in [0.15, 0.2) is 35.0 Å². The largest absolute Gasteiger partial charge is 0.427 e. The summed E-state index contributed by atoms with van der Waals surface area (Å²) in [6, 6.07) is 8.60. The van der Waals surface area contributed by atoms with Crippen LogP contribution < -0.4 is 9.00 Å². The highest BCUT2D eigenvalue weighted by Crippen LogP contribution is 2.17. The van der Waals surface area contributed by atoms with Gasteiger partial charge in [0.15, 0.2) is 0 Å². The topological polar surface area (TPSA) is 18.5 Å². The number of thiophene rings is 2. The maximum atomic E-state index is 6.54. The van der Waals surface area contributed by atoms with Crippen molar-refractivity contribution in [3.05, 3.63) is 35.0 Å². The van der Waals surface area contributed by atoms with Gasteiger partial charge < -0.3 is 8.85 Å². The van der Waals surface area contributed by atoms with Gasteiger partial charge in [-0.1, -0.05) is 51.7 Å². The van der Waals surface area contributed by atoms with Gasteiger partial charge in [-0.2, -0.15) is 0 Å². The molecule has 0 saturated heterocycles. The molecule has 2 heterocycles. The first-order valence-corrected chi connectivity index (χ1v) is 12.3. The number of rotatable bonds is 12. The average Bonchev–Trinajstić information content (AvgIpc) is 3.27. The maximum Gasteiger partial charge on any atom is 0.427 e. The predicted octanol–water partition coefficient (Wildman–Crippen LogP) is 4.78. The van der Waals surface area contributed by atoms with Gasteiger partial charge in [-0.05, 0) is 35.7 Å². The molecule has 0 spiro atoms. The SMILES string of the molecule is CCCCCO[Si](OCCCCC)(c1cccs1)c1cccs1. The molecule has 2 aromatic heterocycles. The number of hydrogen-bond donors (Lipinski definition) is 0. The van der Waals surface area contributed by atoms with Gasteiger partial charge in [0.2, 0.25) is 0 Å². The number of unbranched alkanes of at least 4 members (excludes halogenated alkanes) is 4. The van der Waals surface area contributed by atoms with Crippen LogP contribution in [0, 0.1) is 0 Å². The van der Waals surface area contributed by atoms with Crippen molar-refractivity contribution in [2.75, 3.05) is 13.2 Å². The molecule has 2 aromatic rings. The Labute approximate surface area is 149 Å². The third-order valence-corrected chi connectivity index (χ3v) is 10.3. The second kappa shape index (κ2) is 10.4. The minimum Gasteiger partial charge on any atom is -0.387 e. The fourth-order valence-corrected chi connectivity index (χ4v) is 9.04. The van der Waals surface area contributed by atoms with E-state index >= 15 is 0 Å². The van der Waals surface area contributed by atoms with E-state index in [1.807, 2.05) is 0 Å². The minimum atomic E-state index is -2.51. The van der Waals surface area contributed by atoms with E-state index in [0.29, 0.717) is 0 Å². The van der Waals surface area contributed by atoms with Gasteiger partial charge in [-0.3, -0.25) is 0 Å². The molecule has 2 nitrogen and oxygen atoms in total. The zero-order chi connectivity index (χ0) is 16.4. The highest BCUT2D eigenvalue weighted by atomic mass is 32.1. The highest BCUT2D eigenvalue weighted by Gasteiger charge is 2.44. The molecule has 23 heavy (non-hydrogen) atoms. The molecule has 0 bridgehead atoms. The summed E-state index contributed by atoms with van der Waals surface area (Å²) in [5, 5.41) is 4.27. The molecule has 0 aliphatic carbocycles. The lowest BCUT2D eigenvalue weighted by Gasteiger charge is -2.29. The van der Waals surface area contributed by atoms with Crippen molar-refractivity contribution in [3.63, 3.8) is 0 Å². The smallest absolute Gasteiger partial charge is 0.387 e. The lowest BCUT2D eigenvalue weighted by atomic mass is 10.3. The first-order valence-electron chi connectivity index (χ1n) is 8.69. The van der Waals surface area contributed by atoms with Crippen molar-refractivity contribution in [1.29, 1.82) is 0 Å². The lowest BCUT2D eigenvalue weighted by Crippen LogP contribution is -2.61. The van der Waals surface area contributed by atoms with E-state index in [1.165, 1.54) is 34.7 Å². The highest BCUT2D eigenvalue weighted by molar-refractivity contribution is 7.33. The van der Waals surface area contributed by atoms with Crippen molar-refractivity contribution in [3.8, 4) is 0 Å². The van der Waals surface area contributed by atoms with E-state index in [9.17, 15) is 0 Å². The van der Waals surface area contributed by atoms with Gasteiger partial charge in [0.1, 0.15) is 0 Å². The molecule has 0 N–H and O–H groups in total. The van der Waals surface area contributed by atoms with Crippen molar-refractivity contribution in [2.45, 2.75) is 52.4 Å². The van der Waals surface area contributed by atoms with Crippen LogP contribution in [-0.4, -0.2) is 21.8 Å². The summed E-state index contributed by atoms with van der Waals surface area (Å²) >= 11 is 3.55. The Bertz CT molecular complexity index is 463. The van der Waals surface area contributed by atoms with E-state index in [4.69, 9.17) is 8.85 Å². The van der Waals surface area contributed by atoms with Crippen molar-refractivity contribution in [1.82, 2.24) is 0 Å². The fraction of sp³-hybridized carbons (Fsp3) is 0.556. The number of hydrogen-bond acceptors (Lipinski definition) is 4. The summed E-state index contributed by atoms with van der Waals surface area (Å²) in [4.78, 5) is 0. The van der Waals surface area contributed by atoms with E-state index in [0.717, 1.165) is 26.1 Å². The third-order valence-electron chi connectivity index (χ3n) is 3.80. The normalized spacial score (nSPS) is 11.9. The van der Waals surface area contributed by atoms with Gasteiger partial charge >= 0.3 is 8.56 Å². The quantitative estimate of drug-likeness (QED) is 0.396. The van der Waals surface area contributed by atoms with E-state index in [2.05, 4.69) is 48.9 Å². The van der Waals surface area contributed by atoms with Crippen LogP contribution in [0.4, 0.5) is 0 Å². The van der Waals surface area contributed by atoms with Gasteiger partial charge in [-0.15, -0.1) is 22.7 Å². The molecule has 0 unspecified atom stereocenters. The van der Waals surface area contributed by atoms with E-state index < -0.39 is 8.56 Å². The summed E-state index contributed by atoms with van der Waals surface area (Å²) in [5.41, 5.74) is 0. The van der Waals surface area contributed by atoms with Gasteiger partial charge in [0.05, 0.1) is 9.00 Å². The van der Waals surface area contributed by atoms with Crippen LogP contribution in [-0.2, 0) is 8.85 Å². The molecule has 0 atom stereocenters. The second-order valence-electron chi connectivity index (χ2n) is 5.68. The first-order chi connectivity index (χ1) is 11.3. The van der Waals surface area contributed by atoms with Gasteiger partial charge in [0.25, 0.3) is 0 Å². The summed E-state index contributed by atoms with van der Waals surface area (Å²) in [5.74, 6) is 0. The van der Waals surface area contributed by atoms with Gasteiger partial charge in [-0.25, -0.2) is 0 Å². The van der Waals surface area contributed by atoms with Crippen molar-refractivity contribution >= 4 is 40.2 Å². The standard InChI is InChI=1S/C18H28O2S2Si/c1-3-5-7-13-19-23(17-11-9-15-21-17,18-12-10-16-22-18)20-14-8-6-4-2/h9-12,15-16H,3-8,13-14H2,1-2H3.